The number of hydrogen-bond donors (Lipinski definition) is 1. The molecule has 0 radical (unpaired) electrons. The van der Waals surface area contributed by atoms with Crippen molar-refractivity contribution in [3.05, 3.63) is 34.1 Å². The highest BCUT2D eigenvalue weighted by Crippen LogP contribution is 2.23. The predicted molar refractivity (Wildman–Crippen MR) is 60.8 cm³/mol. The summed E-state index contributed by atoms with van der Waals surface area (Å²) >= 11 is 5.81. The molecule has 1 aromatic rings. The van der Waals surface area contributed by atoms with Crippen molar-refractivity contribution in [2.45, 2.75) is 19.8 Å². The van der Waals surface area contributed by atoms with Crippen molar-refractivity contribution in [3.63, 3.8) is 0 Å². The number of halogens is 2. The summed E-state index contributed by atoms with van der Waals surface area (Å²) in [7, 11) is 0. The molecule has 1 aliphatic rings. The van der Waals surface area contributed by atoms with Crippen LogP contribution in [-0.2, 0) is 6.42 Å². The van der Waals surface area contributed by atoms with Gasteiger partial charge in [0.1, 0.15) is 5.82 Å². The maximum atomic E-state index is 13.3. The normalized spacial score (nSPS) is 20.9. The van der Waals surface area contributed by atoms with E-state index in [4.69, 9.17) is 11.6 Å². The molecule has 1 heterocycles. The van der Waals surface area contributed by atoms with Gasteiger partial charge in [0.25, 0.3) is 0 Å². The average Bonchev–Trinajstić information content (AvgIpc) is 2.66. The van der Waals surface area contributed by atoms with Crippen LogP contribution in [0.1, 0.15) is 17.5 Å². The largest absolute Gasteiger partial charge is 0.316 e. The van der Waals surface area contributed by atoms with Gasteiger partial charge < -0.3 is 5.32 Å². The summed E-state index contributed by atoms with van der Waals surface area (Å²) in [6.07, 6.45) is 2.20. The smallest absolute Gasteiger partial charge is 0.144 e. The first-order valence-electron chi connectivity index (χ1n) is 5.32. The van der Waals surface area contributed by atoms with E-state index in [0.29, 0.717) is 11.5 Å². The standard InChI is InChI=1S/C12H15ClFN/c1-8-4-10(6-11(13)12(8)14)5-9-2-3-15-7-9/h4,6,9,15H,2-3,5,7H2,1H3. The van der Waals surface area contributed by atoms with Crippen molar-refractivity contribution in [2.75, 3.05) is 13.1 Å². The quantitative estimate of drug-likeness (QED) is 0.819. The molecule has 0 bridgehead atoms. The van der Waals surface area contributed by atoms with Gasteiger partial charge in [0, 0.05) is 0 Å². The van der Waals surface area contributed by atoms with E-state index < -0.39 is 0 Å². The topological polar surface area (TPSA) is 12.0 Å². The highest BCUT2D eigenvalue weighted by Gasteiger charge is 2.16. The molecule has 0 aliphatic carbocycles. The van der Waals surface area contributed by atoms with Crippen LogP contribution in [0.25, 0.3) is 0 Å². The number of benzene rings is 1. The lowest BCUT2D eigenvalue weighted by atomic mass is 9.97. The fourth-order valence-corrected chi connectivity index (χ4v) is 2.43. The maximum Gasteiger partial charge on any atom is 0.144 e. The van der Waals surface area contributed by atoms with E-state index in [-0.39, 0.29) is 10.8 Å². The minimum absolute atomic E-state index is 0.246. The first kappa shape index (κ1) is 10.9. The van der Waals surface area contributed by atoms with Gasteiger partial charge in [-0.25, -0.2) is 4.39 Å². The molecule has 2 rings (SSSR count). The number of rotatable bonds is 2. The molecular formula is C12H15ClFN. The second-order valence-electron chi connectivity index (χ2n) is 4.27. The maximum absolute atomic E-state index is 13.3. The van der Waals surface area contributed by atoms with Gasteiger partial charge in [-0.05, 0) is 56.0 Å². The second kappa shape index (κ2) is 4.50. The van der Waals surface area contributed by atoms with Crippen LogP contribution in [-0.4, -0.2) is 13.1 Å². The Hall–Kier alpha value is -0.600. The lowest BCUT2D eigenvalue weighted by Gasteiger charge is -2.10. The predicted octanol–water partition coefficient (Wildman–Crippen LogP) is 2.94. The Morgan fingerprint density at radius 3 is 2.93 bits per heavy atom. The molecule has 1 atom stereocenters. The number of hydrogen-bond acceptors (Lipinski definition) is 1. The number of nitrogens with one attached hydrogen (secondary N) is 1. The molecule has 1 unspecified atom stereocenters. The fraction of sp³-hybridized carbons (Fsp3) is 0.500. The van der Waals surface area contributed by atoms with Crippen LogP contribution in [0, 0.1) is 18.7 Å². The first-order valence-corrected chi connectivity index (χ1v) is 5.70. The van der Waals surface area contributed by atoms with Crippen LogP contribution in [0.5, 0.6) is 0 Å². The minimum Gasteiger partial charge on any atom is -0.316 e. The van der Waals surface area contributed by atoms with Gasteiger partial charge in [0.2, 0.25) is 0 Å². The molecule has 1 fully saturated rings. The van der Waals surface area contributed by atoms with Gasteiger partial charge >= 0.3 is 0 Å². The van der Waals surface area contributed by atoms with E-state index >= 15 is 0 Å². The summed E-state index contributed by atoms with van der Waals surface area (Å²) in [5, 5.41) is 3.57. The summed E-state index contributed by atoms with van der Waals surface area (Å²) in [4.78, 5) is 0. The van der Waals surface area contributed by atoms with E-state index in [1.165, 1.54) is 6.42 Å². The third-order valence-corrected chi connectivity index (χ3v) is 3.23. The van der Waals surface area contributed by atoms with Crippen LogP contribution in [0.15, 0.2) is 12.1 Å². The van der Waals surface area contributed by atoms with E-state index in [1.54, 1.807) is 13.0 Å². The Bertz CT molecular complexity index is 336. The fourth-order valence-electron chi connectivity index (χ4n) is 2.14. The Labute approximate surface area is 94.6 Å². The van der Waals surface area contributed by atoms with Crippen LogP contribution in [0.2, 0.25) is 5.02 Å². The van der Waals surface area contributed by atoms with Gasteiger partial charge in [-0.2, -0.15) is 0 Å². The minimum atomic E-state index is -0.287. The van der Waals surface area contributed by atoms with Gasteiger partial charge in [-0.3, -0.25) is 0 Å². The third kappa shape index (κ3) is 2.50. The molecule has 0 saturated carbocycles. The molecule has 82 valence electrons. The SMILES string of the molecule is Cc1cc(CC2CCNC2)cc(Cl)c1F. The molecule has 1 aromatic carbocycles. The van der Waals surface area contributed by atoms with E-state index in [1.807, 2.05) is 6.07 Å². The molecule has 1 N–H and O–H groups in total. The van der Waals surface area contributed by atoms with Crippen molar-refractivity contribution in [1.29, 1.82) is 0 Å². The summed E-state index contributed by atoms with van der Waals surface area (Å²) in [5.41, 5.74) is 1.79. The summed E-state index contributed by atoms with van der Waals surface area (Å²) in [6, 6.07) is 3.65. The Morgan fingerprint density at radius 1 is 1.53 bits per heavy atom. The molecule has 0 spiro atoms. The van der Waals surface area contributed by atoms with Crippen molar-refractivity contribution in [3.8, 4) is 0 Å². The first-order chi connectivity index (χ1) is 7.16. The molecular weight excluding hydrogens is 213 g/mol. The van der Waals surface area contributed by atoms with Crippen molar-refractivity contribution in [2.24, 2.45) is 5.92 Å². The Kier molecular flexibility index (Phi) is 3.27. The second-order valence-corrected chi connectivity index (χ2v) is 4.68. The molecule has 1 nitrogen and oxygen atoms in total. The van der Waals surface area contributed by atoms with Crippen LogP contribution in [0.4, 0.5) is 4.39 Å². The monoisotopic (exact) mass is 227 g/mol. The third-order valence-electron chi connectivity index (χ3n) is 2.96. The zero-order chi connectivity index (χ0) is 10.8. The van der Waals surface area contributed by atoms with Gasteiger partial charge in [-0.15, -0.1) is 0 Å². The zero-order valence-electron chi connectivity index (χ0n) is 8.82. The van der Waals surface area contributed by atoms with E-state index in [9.17, 15) is 4.39 Å². The molecule has 1 aliphatic heterocycles. The highest BCUT2D eigenvalue weighted by atomic mass is 35.5. The zero-order valence-corrected chi connectivity index (χ0v) is 9.57. The molecule has 0 aromatic heterocycles. The van der Waals surface area contributed by atoms with Gasteiger partial charge in [0.05, 0.1) is 5.02 Å². The molecule has 0 amide bonds. The Balaban J connectivity index is 2.14. The van der Waals surface area contributed by atoms with Crippen molar-refractivity contribution >= 4 is 11.6 Å². The highest BCUT2D eigenvalue weighted by molar-refractivity contribution is 6.30. The van der Waals surface area contributed by atoms with Crippen LogP contribution < -0.4 is 5.32 Å². The van der Waals surface area contributed by atoms with Gasteiger partial charge in [0.15, 0.2) is 0 Å². The van der Waals surface area contributed by atoms with Crippen molar-refractivity contribution in [1.82, 2.24) is 5.32 Å². The number of aryl methyl sites for hydroxylation is 1. The lowest BCUT2D eigenvalue weighted by molar-refractivity contribution is 0.576. The summed E-state index contributed by atoms with van der Waals surface area (Å²) in [5.74, 6) is 0.385. The van der Waals surface area contributed by atoms with Crippen molar-refractivity contribution < 1.29 is 4.39 Å². The van der Waals surface area contributed by atoms with Crippen LogP contribution in [0.3, 0.4) is 0 Å². The van der Waals surface area contributed by atoms with E-state index in [0.717, 1.165) is 25.1 Å². The molecule has 1 saturated heterocycles. The molecule has 15 heavy (non-hydrogen) atoms. The summed E-state index contributed by atoms with van der Waals surface area (Å²) in [6.45, 7) is 3.92. The average molecular weight is 228 g/mol. The lowest BCUT2D eigenvalue weighted by Crippen LogP contribution is -2.10. The van der Waals surface area contributed by atoms with E-state index in [2.05, 4.69) is 5.32 Å². The van der Waals surface area contributed by atoms with Crippen LogP contribution >= 0.6 is 11.6 Å². The van der Waals surface area contributed by atoms with Gasteiger partial charge in [-0.1, -0.05) is 17.7 Å². The Morgan fingerprint density at radius 2 is 2.33 bits per heavy atom. The molecule has 3 heteroatoms. The summed E-state index contributed by atoms with van der Waals surface area (Å²) < 4.78 is 13.3.